The maximum Gasteiger partial charge on any atom is 0.270 e. The third-order valence-electron chi connectivity index (χ3n) is 4.02. The van der Waals surface area contributed by atoms with Crippen molar-refractivity contribution < 1.29 is 9.18 Å². The zero-order valence-electron chi connectivity index (χ0n) is 14.1. The molecule has 0 spiro atoms. The molecule has 0 aliphatic carbocycles. The number of aryl methyl sites for hydroxylation is 1. The quantitative estimate of drug-likeness (QED) is 0.833. The molecule has 0 bridgehead atoms. The number of hydrogen-bond donors (Lipinski definition) is 2. The van der Waals surface area contributed by atoms with Crippen LogP contribution in [0.15, 0.2) is 24.4 Å². The van der Waals surface area contributed by atoms with Gasteiger partial charge in [-0.05, 0) is 25.1 Å². The summed E-state index contributed by atoms with van der Waals surface area (Å²) in [6.45, 7) is 2.34. The van der Waals surface area contributed by atoms with Crippen LogP contribution in [0.2, 0.25) is 0 Å². The minimum atomic E-state index is -0.957. The maximum absolute atomic E-state index is 13.9. The molecule has 0 saturated carbocycles. The molecule has 3 heterocycles. The molecule has 8 nitrogen and oxygen atoms in total. The monoisotopic (exact) mass is 345 g/mol. The number of halogens is 1. The Morgan fingerprint density at radius 1 is 1.44 bits per heavy atom. The fraction of sp³-hybridized carbons (Fsp3) is 0.438. The molecule has 9 heteroatoms. The predicted octanol–water partition coefficient (Wildman–Crippen LogP) is 0.964. The highest BCUT2D eigenvalue weighted by atomic mass is 19.1. The van der Waals surface area contributed by atoms with Gasteiger partial charge in [-0.1, -0.05) is 0 Å². The number of carbonyl (C=O) groups excluding carboxylic acids is 1. The molecular weight excluding hydrogens is 325 g/mol. The van der Waals surface area contributed by atoms with Crippen molar-refractivity contribution in [3.05, 3.63) is 35.8 Å². The van der Waals surface area contributed by atoms with Gasteiger partial charge in [-0.15, -0.1) is 5.10 Å². The van der Waals surface area contributed by atoms with Crippen LogP contribution in [-0.4, -0.2) is 58.4 Å². The van der Waals surface area contributed by atoms with Crippen molar-refractivity contribution in [2.75, 3.05) is 30.4 Å². The lowest BCUT2D eigenvalue weighted by Gasteiger charge is -2.24. The molecule has 1 amide bonds. The lowest BCUT2D eigenvalue weighted by atomic mass is 10.2. The Hall–Kier alpha value is -2.84. The van der Waals surface area contributed by atoms with Gasteiger partial charge in [0.2, 0.25) is 5.95 Å². The summed E-state index contributed by atoms with van der Waals surface area (Å²) >= 11 is 0. The van der Waals surface area contributed by atoms with Crippen molar-refractivity contribution in [2.24, 2.45) is 0 Å². The Bertz CT molecular complexity index is 743. The largest absolute Gasteiger partial charge is 0.357 e. The SMILES string of the molecule is CNc1nc(C)cc(C(=O)NC[C@@H]2C[C@H](F)CN2c2cccnn2)n1. The Kier molecular flexibility index (Phi) is 5.01. The fourth-order valence-electron chi connectivity index (χ4n) is 2.88. The van der Waals surface area contributed by atoms with Crippen molar-refractivity contribution >= 4 is 17.7 Å². The number of nitrogens with zero attached hydrogens (tertiary/aromatic N) is 5. The molecule has 2 atom stereocenters. The molecule has 1 saturated heterocycles. The fourth-order valence-corrected chi connectivity index (χ4v) is 2.88. The summed E-state index contributed by atoms with van der Waals surface area (Å²) in [7, 11) is 1.69. The molecule has 0 unspecified atom stereocenters. The molecule has 25 heavy (non-hydrogen) atoms. The van der Waals surface area contributed by atoms with Crippen LogP contribution in [0, 0.1) is 6.92 Å². The van der Waals surface area contributed by atoms with Gasteiger partial charge in [0.05, 0.1) is 12.6 Å². The number of alkyl halides is 1. The first-order chi connectivity index (χ1) is 12.1. The van der Waals surface area contributed by atoms with Crippen LogP contribution in [0.3, 0.4) is 0 Å². The Morgan fingerprint density at radius 3 is 3.00 bits per heavy atom. The Labute approximate surface area is 144 Å². The highest BCUT2D eigenvalue weighted by Crippen LogP contribution is 2.24. The molecule has 2 aromatic heterocycles. The zero-order chi connectivity index (χ0) is 17.8. The third-order valence-corrected chi connectivity index (χ3v) is 4.02. The first-order valence-corrected chi connectivity index (χ1v) is 8.07. The minimum absolute atomic E-state index is 0.178. The van der Waals surface area contributed by atoms with Crippen LogP contribution in [0.1, 0.15) is 22.6 Å². The van der Waals surface area contributed by atoms with Crippen LogP contribution in [-0.2, 0) is 0 Å². The van der Waals surface area contributed by atoms with Gasteiger partial charge in [-0.25, -0.2) is 14.4 Å². The van der Waals surface area contributed by atoms with E-state index in [1.54, 1.807) is 38.4 Å². The number of amides is 1. The smallest absolute Gasteiger partial charge is 0.270 e. The summed E-state index contributed by atoms with van der Waals surface area (Å²) in [5.74, 6) is 0.677. The topological polar surface area (TPSA) is 95.9 Å². The van der Waals surface area contributed by atoms with E-state index in [4.69, 9.17) is 0 Å². The van der Waals surface area contributed by atoms with Crippen molar-refractivity contribution in [3.8, 4) is 0 Å². The van der Waals surface area contributed by atoms with Crippen molar-refractivity contribution in [3.63, 3.8) is 0 Å². The van der Waals surface area contributed by atoms with Crippen LogP contribution < -0.4 is 15.5 Å². The first-order valence-electron chi connectivity index (χ1n) is 8.07. The van der Waals surface area contributed by atoms with Gasteiger partial charge in [0.15, 0.2) is 5.82 Å². The molecule has 3 rings (SSSR count). The van der Waals surface area contributed by atoms with Crippen LogP contribution in [0.25, 0.3) is 0 Å². The van der Waals surface area contributed by atoms with E-state index in [0.717, 1.165) is 0 Å². The number of aromatic nitrogens is 4. The number of anilines is 2. The van der Waals surface area contributed by atoms with Crippen molar-refractivity contribution in [1.82, 2.24) is 25.5 Å². The average Bonchev–Trinajstić information content (AvgIpc) is 3.00. The number of rotatable bonds is 5. The second kappa shape index (κ2) is 7.37. The van der Waals surface area contributed by atoms with Gasteiger partial charge >= 0.3 is 0 Å². The molecular formula is C16H20FN7O. The third kappa shape index (κ3) is 3.98. The number of carbonyl (C=O) groups is 1. The summed E-state index contributed by atoms with van der Waals surface area (Å²) in [4.78, 5) is 22.5. The maximum atomic E-state index is 13.9. The van der Waals surface area contributed by atoms with E-state index in [2.05, 4.69) is 30.8 Å². The van der Waals surface area contributed by atoms with Gasteiger partial charge in [0.25, 0.3) is 5.91 Å². The standard InChI is InChI=1S/C16H20FN7O/c1-10-6-13(22-16(18-2)21-10)15(25)19-8-12-7-11(17)9-24(12)14-4-3-5-20-23-14/h3-6,11-12H,7-9H2,1-2H3,(H,19,25)(H,18,21,22)/t11-,12-/m0/s1. The highest BCUT2D eigenvalue weighted by molar-refractivity contribution is 5.92. The normalized spacial score (nSPS) is 19.7. The van der Waals surface area contributed by atoms with Crippen LogP contribution in [0.5, 0.6) is 0 Å². The van der Waals surface area contributed by atoms with E-state index in [9.17, 15) is 9.18 Å². The molecule has 0 aromatic carbocycles. The summed E-state index contributed by atoms with van der Waals surface area (Å²) in [5, 5.41) is 13.5. The van der Waals surface area contributed by atoms with E-state index >= 15 is 0 Å². The summed E-state index contributed by atoms with van der Waals surface area (Å²) < 4.78 is 13.9. The molecule has 1 fully saturated rings. The molecule has 2 aromatic rings. The van der Waals surface area contributed by atoms with Crippen molar-refractivity contribution in [2.45, 2.75) is 25.6 Å². The zero-order valence-corrected chi connectivity index (χ0v) is 14.1. The molecule has 1 aliphatic rings. The average molecular weight is 345 g/mol. The number of nitrogens with one attached hydrogen (secondary N) is 2. The van der Waals surface area contributed by atoms with E-state index < -0.39 is 6.17 Å². The van der Waals surface area contributed by atoms with Gasteiger partial charge in [-0.2, -0.15) is 5.10 Å². The lowest BCUT2D eigenvalue weighted by Crippen LogP contribution is -2.41. The number of hydrogen-bond acceptors (Lipinski definition) is 7. The van der Waals surface area contributed by atoms with Gasteiger partial charge in [-0.3, -0.25) is 4.79 Å². The summed E-state index contributed by atoms with van der Waals surface area (Å²) in [6.07, 6.45) is 0.947. The van der Waals surface area contributed by atoms with Crippen LogP contribution >= 0.6 is 0 Å². The van der Waals surface area contributed by atoms with Crippen molar-refractivity contribution in [1.29, 1.82) is 0 Å². The predicted molar refractivity (Wildman–Crippen MR) is 91.3 cm³/mol. The highest BCUT2D eigenvalue weighted by Gasteiger charge is 2.33. The van der Waals surface area contributed by atoms with E-state index in [1.807, 2.05) is 4.90 Å². The minimum Gasteiger partial charge on any atom is -0.357 e. The summed E-state index contributed by atoms with van der Waals surface area (Å²) in [6, 6.07) is 4.98. The lowest BCUT2D eigenvalue weighted by molar-refractivity contribution is 0.0945. The Morgan fingerprint density at radius 2 is 2.28 bits per heavy atom. The van der Waals surface area contributed by atoms with Crippen LogP contribution in [0.4, 0.5) is 16.2 Å². The summed E-state index contributed by atoms with van der Waals surface area (Å²) in [5.41, 5.74) is 0.966. The first kappa shape index (κ1) is 17.0. The van der Waals surface area contributed by atoms with E-state index in [0.29, 0.717) is 30.4 Å². The van der Waals surface area contributed by atoms with Gasteiger partial charge < -0.3 is 15.5 Å². The van der Waals surface area contributed by atoms with E-state index in [-0.39, 0.29) is 24.2 Å². The second-order valence-electron chi connectivity index (χ2n) is 5.90. The Balaban J connectivity index is 1.67. The molecule has 2 N–H and O–H groups in total. The second-order valence-corrected chi connectivity index (χ2v) is 5.90. The van der Waals surface area contributed by atoms with Gasteiger partial charge in [0, 0.05) is 31.9 Å². The molecule has 0 radical (unpaired) electrons. The van der Waals surface area contributed by atoms with Gasteiger partial charge in [0.1, 0.15) is 11.9 Å². The van der Waals surface area contributed by atoms with E-state index in [1.165, 1.54) is 0 Å². The molecule has 1 aliphatic heterocycles. The molecule has 132 valence electrons.